The second kappa shape index (κ2) is 10.5. The fourth-order valence-electron chi connectivity index (χ4n) is 3.00. The Morgan fingerprint density at radius 1 is 1.04 bits per heavy atom. The van der Waals surface area contributed by atoms with E-state index in [-0.39, 0.29) is 11.8 Å². The first-order chi connectivity index (χ1) is 13.0. The summed E-state index contributed by atoms with van der Waals surface area (Å²) in [5, 5.41) is 2.94. The van der Waals surface area contributed by atoms with Gasteiger partial charge >= 0.3 is 0 Å². The molecule has 2 rings (SSSR count). The van der Waals surface area contributed by atoms with Crippen molar-refractivity contribution in [3.05, 3.63) is 71.3 Å². The molecule has 0 saturated carbocycles. The van der Waals surface area contributed by atoms with Crippen molar-refractivity contribution in [3.63, 3.8) is 0 Å². The molecule has 2 aromatic carbocycles. The van der Waals surface area contributed by atoms with Gasteiger partial charge in [0.1, 0.15) is 6.04 Å². The Morgan fingerprint density at radius 3 is 2.41 bits per heavy atom. The summed E-state index contributed by atoms with van der Waals surface area (Å²) in [4.78, 5) is 27.3. The highest BCUT2D eigenvalue weighted by atomic mass is 16.2. The van der Waals surface area contributed by atoms with Crippen molar-refractivity contribution in [1.82, 2.24) is 10.2 Å². The molecule has 1 atom stereocenters. The molecule has 0 aliphatic heterocycles. The number of rotatable bonds is 9. The van der Waals surface area contributed by atoms with Crippen LogP contribution in [0.5, 0.6) is 0 Å². The molecule has 1 N–H and O–H groups in total. The van der Waals surface area contributed by atoms with Crippen LogP contribution in [0.2, 0.25) is 0 Å². The lowest BCUT2D eigenvalue weighted by molar-refractivity contribution is -0.140. The molecule has 144 valence electrons. The van der Waals surface area contributed by atoms with Gasteiger partial charge in [-0.15, -0.1) is 0 Å². The first-order valence-electron chi connectivity index (χ1n) is 9.68. The number of benzene rings is 2. The zero-order valence-electron chi connectivity index (χ0n) is 16.6. The van der Waals surface area contributed by atoms with Crippen molar-refractivity contribution in [3.8, 4) is 0 Å². The van der Waals surface area contributed by atoms with E-state index in [1.165, 1.54) is 0 Å². The quantitative estimate of drug-likeness (QED) is 0.685. The second-order valence-corrected chi connectivity index (χ2v) is 6.99. The van der Waals surface area contributed by atoms with Crippen molar-refractivity contribution >= 4 is 11.8 Å². The third-order valence-corrected chi connectivity index (χ3v) is 4.63. The van der Waals surface area contributed by atoms with Crippen LogP contribution >= 0.6 is 0 Å². The first-order valence-corrected chi connectivity index (χ1v) is 9.68. The minimum Gasteiger partial charge on any atom is -0.354 e. The summed E-state index contributed by atoms with van der Waals surface area (Å²) < 4.78 is 0. The van der Waals surface area contributed by atoms with Gasteiger partial charge in [0.15, 0.2) is 0 Å². The largest absolute Gasteiger partial charge is 0.354 e. The lowest BCUT2D eigenvalue weighted by atomic mass is 10.1. The number of amides is 2. The van der Waals surface area contributed by atoms with Gasteiger partial charge in [0, 0.05) is 13.1 Å². The van der Waals surface area contributed by atoms with Gasteiger partial charge in [-0.3, -0.25) is 9.59 Å². The van der Waals surface area contributed by atoms with Crippen LogP contribution in [0.15, 0.2) is 54.6 Å². The smallest absolute Gasteiger partial charge is 0.242 e. The summed E-state index contributed by atoms with van der Waals surface area (Å²) in [7, 11) is 0. The van der Waals surface area contributed by atoms with E-state index in [0.29, 0.717) is 19.5 Å². The molecule has 0 heterocycles. The number of unbranched alkanes of at least 4 members (excludes halogenated alkanes) is 1. The molecule has 0 bridgehead atoms. The van der Waals surface area contributed by atoms with Crippen LogP contribution in [0, 0.1) is 6.92 Å². The number of carbonyl (C=O) groups is 2. The summed E-state index contributed by atoms with van der Waals surface area (Å²) in [5.41, 5.74) is 3.11. The van der Waals surface area contributed by atoms with Gasteiger partial charge in [0.2, 0.25) is 11.8 Å². The summed E-state index contributed by atoms with van der Waals surface area (Å²) in [5.74, 6) is -0.139. The second-order valence-electron chi connectivity index (χ2n) is 6.99. The number of nitrogens with one attached hydrogen (secondary N) is 1. The van der Waals surface area contributed by atoms with Crippen LogP contribution in [0.3, 0.4) is 0 Å². The highest BCUT2D eigenvalue weighted by molar-refractivity contribution is 5.88. The number of aryl methyl sites for hydroxylation is 1. The van der Waals surface area contributed by atoms with Gasteiger partial charge in [-0.25, -0.2) is 0 Å². The normalized spacial score (nSPS) is 11.7. The number of carbonyl (C=O) groups excluding carboxylic acids is 2. The molecule has 0 fully saturated rings. The van der Waals surface area contributed by atoms with Crippen molar-refractivity contribution in [2.45, 2.75) is 52.6 Å². The molecule has 0 radical (unpaired) electrons. The topological polar surface area (TPSA) is 49.4 Å². The highest BCUT2D eigenvalue weighted by Crippen LogP contribution is 2.13. The van der Waals surface area contributed by atoms with Gasteiger partial charge in [-0.05, 0) is 31.4 Å². The molecule has 1 unspecified atom stereocenters. The van der Waals surface area contributed by atoms with Crippen LogP contribution in [-0.4, -0.2) is 29.3 Å². The molecular formula is C23H30N2O2. The molecule has 0 aliphatic carbocycles. The molecule has 2 aromatic rings. The summed E-state index contributed by atoms with van der Waals surface area (Å²) >= 11 is 0. The van der Waals surface area contributed by atoms with Crippen molar-refractivity contribution < 1.29 is 9.59 Å². The van der Waals surface area contributed by atoms with E-state index in [9.17, 15) is 9.59 Å². The third-order valence-electron chi connectivity index (χ3n) is 4.63. The van der Waals surface area contributed by atoms with Crippen LogP contribution in [0.1, 0.15) is 43.4 Å². The van der Waals surface area contributed by atoms with Crippen LogP contribution in [0.4, 0.5) is 0 Å². The molecule has 4 heteroatoms. The third kappa shape index (κ3) is 6.55. The molecule has 0 aliphatic rings. The average molecular weight is 367 g/mol. The fraction of sp³-hybridized carbons (Fsp3) is 0.391. The average Bonchev–Trinajstić information content (AvgIpc) is 2.66. The van der Waals surface area contributed by atoms with E-state index >= 15 is 0 Å². The van der Waals surface area contributed by atoms with Gasteiger partial charge in [0.25, 0.3) is 0 Å². The standard InChI is InChI=1S/C23H30N2O2/c1-4-5-14-24-23(27)19(3)25(17-20-11-7-6-8-12-20)22(26)16-21-13-9-10-18(2)15-21/h6-13,15,19H,4-5,14,16-17H2,1-3H3,(H,24,27). The van der Waals surface area contributed by atoms with E-state index in [2.05, 4.69) is 12.2 Å². The molecule has 0 saturated heterocycles. The first kappa shape index (κ1) is 20.7. The molecular weight excluding hydrogens is 336 g/mol. The van der Waals surface area contributed by atoms with E-state index in [0.717, 1.165) is 29.5 Å². The molecule has 2 amide bonds. The number of hydrogen-bond acceptors (Lipinski definition) is 2. The maximum atomic E-state index is 13.1. The van der Waals surface area contributed by atoms with Gasteiger partial charge in [0.05, 0.1) is 6.42 Å². The Bertz CT molecular complexity index is 743. The molecule has 4 nitrogen and oxygen atoms in total. The minimum atomic E-state index is -0.514. The predicted octanol–water partition coefficient (Wildman–Crippen LogP) is 3.87. The lowest BCUT2D eigenvalue weighted by Gasteiger charge is -2.29. The Balaban J connectivity index is 2.15. The maximum absolute atomic E-state index is 13.1. The highest BCUT2D eigenvalue weighted by Gasteiger charge is 2.25. The van der Waals surface area contributed by atoms with E-state index in [4.69, 9.17) is 0 Å². The number of nitrogens with zero attached hydrogens (tertiary/aromatic N) is 1. The van der Waals surface area contributed by atoms with Crippen molar-refractivity contribution in [1.29, 1.82) is 0 Å². The Labute approximate surface area is 162 Å². The van der Waals surface area contributed by atoms with Crippen molar-refractivity contribution in [2.24, 2.45) is 0 Å². The van der Waals surface area contributed by atoms with E-state index in [1.54, 1.807) is 11.8 Å². The van der Waals surface area contributed by atoms with Crippen LogP contribution < -0.4 is 5.32 Å². The Morgan fingerprint density at radius 2 is 1.74 bits per heavy atom. The van der Waals surface area contributed by atoms with E-state index in [1.807, 2.05) is 61.5 Å². The SMILES string of the molecule is CCCCNC(=O)C(C)N(Cc1ccccc1)C(=O)Cc1cccc(C)c1. The summed E-state index contributed by atoms with van der Waals surface area (Å²) in [6, 6.07) is 17.2. The molecule has 0 aromatic heterocycles. The summed E-state index contributed by atoms with van der Waals surface area (Å²) in [6.07, 6.45) is 2.25. The lowest BCUT2D eigenvalue weighted by Crippen LogP contribution is -2.48. The molecule has 27 heavy (non-hydrogen) atoms. The fourth-order valence-corrected chi connectivity index (χ4v) is 3.00. The summed E-state index contributed by atoms with van der Waals surface area (Å²) in [6.45, 7) is 6.97. The Kier molecular flexibility index (Phi) is 8.05. The van der Waals surface area contributed by atoms with Gasteiger partial charge < -0.3 is 10.2 Å². The van der Waals surface area contributed by atoms with Gasteiger partial charge in [-0.2, -0.15) is 0 Å². The minimum absolute atomic E-state index is 0.0393. The maximum Gasteiger partial charge on any atom is 0.242 e. The molecule has 0 spiro atoms. The van der Waals surface area contributed by atoms with Crippen LogP contribution in [0.25, 0.3) is 0 Å². The number of hydrogen-bond donors (Lipinski definition) is 1. The predicted molar refractivity (Wildman–Crippen MR) is 109 cm³/mol. The Hall–Kier alpha value is -2.62. The van der Waals surface area contributed by atoms with Crippen molar-refractivity contribution in [2.75, 3.05) is 6.54 Å². The zero-order chi connectivity index (χ0) is 19.6. The van der Waals surface area contributed by atoms with Crippen LogP contribution in [-0.2, 0) is 22.6 Å². The zero-order valence-corrected chi connectivity index (χ0v) is 16.6. The monoisotopic (exact) mass is 366 g/mol. The van der Waals surface area contributed by atoms with E-state index < -0.39 is 6.04 Å². The van der Waals surface area contributed by atoms with Gasteiger partial charge in [-0.1, -0.05) is 73.5 Å².